The molecular formula is C14H21FN2S. The third kappa shape index (κ3) is 3.39. The summed E-state index contributed by atoms with van der Waals surface area (Å²) in [5, 5.41) is 3.93. The molecule has 18 heavy (non-hydrogen) atoms. The molecule has 1 fully saturated rings. The molecule has 1 unspecified atom stereocenters. The van der Waals surface area contributed by atoms with Gasteiger partial charge in [-0.15, -0.1) is 0 Å². The fraction of sp³-hybridized carbons (Fsp3) is 0.571. The minimum Gasteiger partial charge on any atom is -0.369 e. The van der Waals surface area contributed by atoms with Gasteiger partial charge in [-0.25, -0.2) is 4.39 Å². The highest BCUT2D eigenvalue weighted by Crippen LogP contribution is 2.27. The Hall–Kier alpha value is -0.740. The van der Waals surface area contributed by atoms with Crippen LogP contribution in [0.3, 0.4) is 0 Å². The lowest BCUT2D eigenvalue weighted by Gasteiger charge is -2.34. The molecule has 0 saturated carbocycles. The highest BCUT2D eigenvalue weighted by atomic mass is 32.2. The van der Waals surface area contributed by atoms with Crippen molar-refractivity contribution in [2.45, 2.75) is 25.6 Å². The van der Waals surface area contributed by atoms with E-state index in [1.165, 1.54) is 5.69 Å². The summed E-state index contributed by atoms with van der Waals surface area (Å²) in [6.45, 7) is 8.07. The number of nitrogens with one attached hydrogen (secondary N) is 1. The minimum atomic E-state index is -0.147. The molecule has 1 aliphatic rings. The van der Waals surface area contributed by atoms with Crippen molar-refractivity contribution in [1.82, 2.24) is 5.32 Å². The largest absolute Gasteiger partial charge is 0.369 e. The van der Waals surface area contributed by atoms with Gasteiger partial charge in [-0.05, 0) is 30.3 Å². The van der Waals surface area contributed by atoms with Crippen molar-refractivity contribution in [3.05, 3.63) is 29.6 Å². The number of halogens is 1. The van der Waals surface area contributed by atoms with Crippen LogP contribution in [0, 0.1) is 5.82 Å². The highest BCUT2D eigenvalue weighted by Gasteiger charge is 2.19. The van der Waals surface area contributed by atoms with Crippen LogP contribution in [0.4, 0.5) is 10.1 Å². The summed E-state index contributed by atoms with van der Waals surface area (Å²) in [5.74, 6) is 1.00. The second-order valence-corrected chi connectivity index (χ2v) is 6.23. The Labute approximate surface area is 113 Å². The second-order valence-electron chi connectivity index (χ2n) is 4.68. The third-order valence-corrected chi connectivity index (χ3v) is 4.33. The van der Waals surface area contributed by atoms with Crippen molar-refractivity contribution in [1.29, 1.82) is 0 Å². The van der Waals surface area contributed by atoms with Gasteiger partial charge in [-0.3, -0.25) is 0 Å². The quantitative estimate of drug-likeness (QED) is 0.904. The number of rotatable bonds is 4. The maximum Gasteiger partial charge on any atom is 0.123 e. The van der Waals surface area contributed by atoms with E-state index in [2.05, 4.69) is 24.1 Å². The van der Waals surface area contributed by atoms with Crippen molar-refractivity contribution >= 4 is 17.4 Å². The average molecular weight is 268 g/mol. The lowest BCUT2D eigenvalue weighted by molar-refractivity contribution is 0.620. The van der Waals surface area contributed by atoms with Crippen LogP contribution in [0.5, 0.6) is 0 Å². The summed E-state index contributed by atoms with van der Waals surface area (Å²) in [5.41, 5.74) is 2.25. The van der Waals surface area contributed by atoms with E-state index in [1.54, 1.807) is 12.1 Å². The normalized spacial score (nSPS) is 20.2. The molecule has 1 heterocycles. The molecule has 2 rings (SSSR count). The van der Waals surface area contributed by atoms with Crippen LogP contribution < -0.4 is 10.2 Å². The van der Waals surface area contributed by atoms with Gasteiger partial charge in [0.15, 0.2) is 0 Å². The molecule has 1 aromatic rings. The van der Waals surface area contributed by atoms with Crippen LogP contribution in [0.1, 0.15) is 19.4 Å². The first-order valence-electron chi connectivity index (χ1n) is 6.56. The van der Waals surface area contributed by atoms with E-state index in [4.69, 9.17) is 0 Å². The van der Waals surface area contributed by atoms with Crippen molar-refractivity contribution in [2.24, 2.45) is 0 Å². The van der Waals surface area contributed by atoms with E-state index in [0.29, 0.717) is 5.25 Å². The van der Waals surface area contributed by atoms with Gasteiger partial charge >= 0.3 is 0 Å². The van der Waals surface area contributed by atoms with Crippen LogP contribution in [-0.4, -0.2) is 30.6 Å². The van der Waals surface area contributed by atoms with Crippen molar-refractivity contribution in [2.75, 3.05) is 30.3 Å². The van der Waals surface area contributed by atoms with Gasteiger partial charge in [0.25, 0.3) is 0 Å². The molecule has 0 aromatic heterocycles. The zero-order valence-corrected chi connectivity index (χ0v) is 11.9. The van der Waals surface area contributed by atoms with Crippen LogP contribution in [-0.2, 0) is 6.54 Å². The first-order valence-corrected chi connectivity index (χ1v) is 7.61. The monoisotopic (exact) mass is 268 g/mol. The number of hydrogen-bond acceptors (Lipinski definition) is 3. The lowest BCUT2D eigenvalue weighted by Crippen LogP contribution is -2.37. The summed E-state index contributed by atoms with van der Waals surface area (Å²) < 4.78 is 13.4. The Balaban J connectivity index is 2.19. The summed E-state index contributed by atoms with van der Waals surface area (Å²) in [4.78, 5) is 2.38. The molecule has 0 aliphatic carbocycles. The number of thioether (sulfide) groups is 1. The molecule has 1 N–H and O–H groups in total. The predicted molar refractivity (Wildman–Crippen MR) is 77.9 cm³/mol. The highest BCUT2D eigenvalue weighted by molar-refractivity contribution is 8.00. The number of benzene rings is 1. The summed E-state index contributed by atoms with van der Waals surface area (Å²) in [6.07, 6.45) is 0. The molecule has 0 amide bonds. The first-order chi connectivity index (χ1) is 8.70. The van der Waals surface area contributed by atoms with Crippen molar-refractivity contribution in [3.63, 3.8) is 0 Å². The zero-order chi connectivity index (χ0) is 13.0. The van der Waals surface area contributed by atoms with Gasteiger partial charge in [0.2, 0.25) is 0 Å². The topological polar surface area (TPSA) is 15.3 Å². The fourth-order valence-electron chi connectivity index (χ4n) is 2.30. The van der Waals surface area contributed by atoms with Crippen LogP contribution in [0.2, 0.25) is 0 Å². The fourth-order valence-corrected chi connectivity index (χ4v) is 3.31. The van der Waals surface area contributed by atoms with Gasteiger partial charge < -0.3 is 10.2 Å². The number of nitrogens with zero attached hydrogens (tertiary/aromatic N) is 1. The molecule has 1 atom stereocenters. The zero-order valence-electron chi connectivity index (χ0n) is 11.1. The smallest absolute Gasteiger partial charge is 0.123 e. The summed E-state index contributed by atoms with van der Waals surface area (Å²) in [6, 6.07) is 5.15. The molecule has 1 saturated heterocycles. The Morgan fingerprint density at radius 2 is 2.33 bits per heavy atom. The Morgan fingerprint density at radius 3 is 3.06 bits per heavy atom. The predicted octanol–water partition coefficient (Wildman–Crippen LogP) is 2.88. The van der Waals surface area contributed by atoms with Gasteiger partial charge in [0.05, 0.1) is 0 Å². The molecule has 100 valence electrons. The molecule has 4 heteroatoms. The first kappa shape index (κ1) is 13.7. The summed E-state index contributed by atoms with van der Waals surface area (Å²) >= 11 is 2.01. The van der Waals surface area contributed by atoms with Gasteiger partial charge in [-0.2, -0.15) is 11.8 Å². The van der Waals surface area contributed by atoms with Gasteiger partial charge in [0, 0.05) is 36.3 Å². The number of hydrogen-bond donors (Lipinski definition) is 1. The summed E-state index contributed by atoms with van der Waals surface area (Å²) in [7, 11) is 0. The van der Waals surface area contributed by atoms with Crippen LogP contribution in [0.25, 0.3) is 0 Å². The molecule has 0 bridgehead atoms. The lowest BCUT2D eigenvalue weighted by atomic mass is 10.1. The minimum absolute atomic E-state index is 0.147. The molecule has 1 aromatic carbocycles. The van der Waals surface area contributed by atoms with E-state index >= 15 is 0 Å². The second kappa shape index (κ2) is 6.43. The molecule has 0 spiro atoms. The standard InChI is InChI=1S/C14H21FN2S/c1-3-16-9-12-8-13(15)4-5-14(12)17-6-7-18-11(2)10-17/h4-5,8,11,16H,3,6-7,9-10H2,1-2H3. The van der Waals surface area contributed by atoms with Crippen molar-refractivity contribution in [3.8, 4) is 0 Å². The molecule has 1 aliphatic heterocycles. The molecule has 0 radical (unpaired) electrons. The number of anilines is 1. The van der Waals surface area contributed by atoms with E-state index < -0.39 is 0 Å². The van der Waals surface area contributed by atoms with E-state index in [1.807, 2.05) is 17.8 Å². The molecular weight excluding hydrogens is 247 g/mol. The van der Waals surface area contributed by atoms with Crippen molar-refractivity contribution < 1.29 is 4.39 Å². The molecule has 2 nitrogen and oxygen atoms in total. The third-order valence-electron chi connectivity index (χ3n) is 3.19. The Bertz CT molecular complexity index is 397. The SMILES string of the molecule is CCNCc1cc(F)ccc1N1CCSC(C)C1. The Morgan fingerprint density at radius 1 is 1.50 bits per heavy atom. The van der Waals surface area contributed by atoms with Gasteiger partial charge in [-0.1, -0.05) is 13.8 Å². The van der Waals surface area contributed by atoms with E-state index in [9.17, 15) is 4.39 Å². The maximum absolute atomic E-state index is 13.4. The average Bonchev–Trinajstić information content (AvgIpc) is 2.36. The van der Waals surface area contributed by atoms with Crippen LogP contribution >= 0.6 is 11.8 Å². The van der Waals surface area contributed by atoms with Crippen LogP contribution in [0.15, 0.2) is 18.2 Å². The van der Waals surface area contributed by atoms with E-state index in [-0.39, 0.29) is 5.82 Å². The van der Waals surface area contributed by atoms with E-state index in [0.717, 1.165) is 37.5 Å². The maximum atomic E-state index is 13.4. The Kier molecular flexibility index (Phi) is 4.89. The van der Waals surface area contributed by atoms with Gasteiger partial charge in [0.1, 0.15) is 5.82 Å².